The lowest BCUT2D eigenvalue weighted by Gasteiger charge is -2.24. The average Bonchev–Trinajstić information content (AvgIpc) is 3.31. The second kappa shape index (κ2) is 56.5. The summed E-state index contributed by atoms with van der Waals surface area (Å²) in [5, 5.41) is 0. The Balaban J connectivity index is 4.23. The summed E-state index contributed by atoms with van der Waals surface area (Å²) in [7, 11) is 0. The Labute approximate surface area is 415 Å². The molecule has 0 aromatic rings. The van der Waals surface area contributed by atoms with E-state index in [1.165, 1.54) is 334 Å². The van der Waals surface area contributed by atoms with Crippen molar-refractivity contribution in [2.75, 3.05) is 13.2 Å². The number of hydrogen-bond donors (Lipinski definition) is 0. The zero-order chi connectivity index (χ0) is 47.2. The van der Waals surface area contributed by atoms with Gasteiger partial charge in [0.25, 0.3) is 0 Å². The zero-order valence-corrected chi connectivity index (χ0v) is 46.9. The number of unbranched alkanes of at least 4 members (excludes halogenated alkanes) is 40. The van der Waals surface area contributed by atoms with E-state index in [9.17, 15) is 0 Å². The summed E-state index contributed by atoms with van der Waals surface area (Å²) in [4.78, 5) is 0. The van der Waals surface area contributed by atoms with Gasteiger partial charge in [0.2, 0.25) is 0 Å². The Morgan fingerprint density at radius 2 is 0.369 bits per heavy atom. The Morgan fingerprint density at radius 1 is 0.200 bits per heavy atom. The third-order valence-corrected chi connectivity index (χ3v) is 16.2. The van der Waals surface area contributed by atoms with Gasteiger partial charge in [0.05, 0.1) is 0 Å². The lowest BCUT2D eigenvalue weighted by atomic mass is 9.81. The molecule has 0 fully saturated rings. The normalized spacial score (nSPS) is 13.8. The summed E-state index contributed by atoms with van der Waals surface area (Å²) >= 11 is 0. The molecule has 1 nitrogen and oxygen atoms in total. The first-order valence-electron chi connectivity index (χ1n) is 31.7. The van der Waals surface area contributed by atoms with E-state index in [1.54, 1.807) is 0 Å². The molecule has 0 aromatic carbocycles. The molecule has 65 heavy (non-hydrogen) atoms. The molecule has 0 N–H and O–H groups in total. The van der Waals surface area contributed by atoms with Crippen LogP contribution in [0.1, 0.15) is 375 Å². The molecule has 0 spiro atoms. The van der Waals surface area contributed by atoms with Gasteiger partial charge in [-0.05, 0) is 36.5 Å². The molecule has 0 rings (SSSR count). The van der Waals surface area contributed by atoms with Gasteiger partial charge in [-0.15, -0.1) is 0 Å². The Kier molecular flexibility index (Phi) is 56.5. The molecular formula is C64H130O. The van der Waals surface area contributed by atoms with Crippen molar-refractivity contribution in [3.8, 4) is 0 Å². The van der Waals surface area contributed by atoms with Crippen LogP contribution in [0.3, 0.4) is 0 Å². The minimum Gasteiger partial charge on any atom is -0.381 e. The summed E-state index contributed by atoms with van der Waals surface area (Å²) < 4.78 is 6.14. The van der Waals surface area contributed by atoms with Crippen LogP contribution in [-0.2, 0) is 4.74 Å². The van der Waals surface area contributed by atoms with Crippen molar-refractivity contribution in [3.63, 3.8) is 0 Å². The first-order chi connectivity index (χ1) is 32.1. The fourth-order valence-electron chi connectivity index (χ4n) is 11.3. The van der Waals surface area contributed by atoms with Crippen molar-refractivity contribution < 1.29 is 4.74 Å². The van der Waals surface area contributed by atoms with E-state index in [0.717, 1.165) is 36.9 Å². The van der Waals surface area contributed by atoms with Crippen LogP contribution in [0.15, 0.2) is 0 Å². The molecule has 4 atom stereocenters. The third-order valence-electron chi connectivity index (χ3n) is 16.2. The SMILES string of the molecule is CCCCCCCCCCCCC(C)C(CCCCCCCCCC)CCCCCCCOCCCCCCCC(CCCCCCCCCC)C(C)CCCCCCCCCCCC. The average molecular weight is 916 g/mol. The van der Waals surface area contributed by atoms with Gasteiger partial charge in [-0.1, -0.05) is 363 Å². The van der Waals surface area contributed by atoms with Gasteiger partial charge in [-0.25, -0.2) is 0 Å². The number of hydrogen-bond acceptors (Lipinski definition) is 1. The highest BCUT2D eigenvalue weighted by molar-refractivity contribution is 4.70. The third kappa shape index (κ3) is 50.2. The smallest absolute Gasteiger partial charge is 0.0466 e. The van der Waals surface area contributed by atoms with Gasteiger partial charge in [-0.2, -0.15) is 0 Å². The van der Waals surface area contributed by atoms with Crippen LogP contribution in [-0.4, -0.2) is 13.2 Å². The first kappa shape index (κ1) is 65.0. The number of ether oxygens (including phenoxy) is 1. The van der Waals surface area contributed by atoms with E-state index >= 15 is 0 Å². The number of rotatable bonds is 58. The molecular weight excluding hydrogens is 785 g/mol. The van der Waals surface area contributed by atoms with E-state index in [-0.39, 0.29) is 0 Å². The molecule has 1 heteroatoms. The van der Waals surface area contributed by atoms with E-state index in [0.29, 0.717) is 0 Å². The lowest BCUT2D eigenvalue weighted by Crippen LogP contribution is -2.12. The van der Waals surface area contributed by atoms with Crippen molar-refractivity contribution in [1.29, 1.82) is 0 Å². The van der Waals surface area contributed by atoms with Crippen LogP contribution in [0.25, 0.3) is 0 Å². The molecule has 0 saturated heterocycles. The van der Waals surface area contributed by atoms with Crippen LogP contribution in [0.4, 0.5) is 0 Å². The van der Waals surface area contributed by atoms with E-state index in [1.807, 2.05) is 0 Å². The van der Waals surface area contributed by atoms with E-state index < -0.39 is 0 Å². The molecule has 4 unspecified atom stereocenters. The first-order valence-corrected chi connectivity index (χ1v) is 31.7. The van der Waals surface area contributed by atoms with Crippen molar-refractivity contribution >= 4 is 0 Å². The maximum absolute atomic E-state index is 6.14. The maximum atomic E-state index is 6.14. The van der Waals surface area contributed by atoms with Crippen molar-refractivity contribution in [2.45, 2.75) is 375 Å². The molecule has 0 amide bonds. The van der Waals surface area contributed by atoms with Crippen LogP contribution in [0.2, 0.25) is 0 Å². The summed E-state index contributed by atoms with van der Waals surface area (Å²) in [5.74, 6) is 3.80. The van der Waals surface area contributed by atoms with Gasteiger partial charge < -0.3 is 4.74 Å². The second-order valence-corrected chi connectivity index (χ2v) is 22.7. The molecule has 0 heterocycles. The minimum absolute atomic E-state index is 0.927. The Bertz CT molecular complexity index is 754. The van der Waals surface area contributed by atoms with Crippen molar-refractivity contribution in [1.82, 2.24) is 0 Å². The fourth-order valence-corrected chi connectivity index (χ4v) is 11.3. The van der Waals surface area contributed by atoms with Gasteiger partial charge in [0, 0.05) is 13.2 Å². The van der Waals surface area contributed by atoms with Crippen LogP contribution in [0.5, 0.6) is 0 Å². The summed E-state index contributed by atoms with van der Waals surface area (Å²) in [6, 6.07) is 0. The molecule has 0 saturated carbocycles. The Morgan fingerprint density at radius 3 is 0.585 bits per heavy atom. The highest BCUT2D eigenvalue weighted by Crippen LogP contribution is 2.31. The van der Waals surface area contributed by atoms with E-state index in [4.69, 9.17) is 4.74 Å². The fraction of sp³-hybridized carbons (Fsp3) is 1.00. The molecule has 0 aliphatic heterocycles. The minimum atomic E-state index is 0.927. The summed E-state index contributed by atoms with van der Waals surface area (Å²) in [6.45, 7) is 16.6. The Hall–Kier alpha value is -0.0400. The second-order valence-electron chi connectivity index (χ2n) is 22.7. The lowest BCUT2D eigenvalue weighted by molar-refractivity contribution is 0.125. The summed E-state index contributed by atoms with van der Waals surface area (Å²) in [6.07, 6.45) is 75.3. The van der Waals surface area contributed by atoms with Gasteiger partial charge in [0.1, 0.15) is 0 Å². The van der Waals surface area contributed by atoms with E-state index in [2.05, 4.69) is 41.5 Å². The van der Waals surface area contributed by atoms with Gasteiger partial charge >= 0.3 is 0 Å². The maximum Gasteiger partial charge on any atom is 0.0466 e. The topological polar surface area (TPSA) is 9.23 Å². The summed E-state index contributed by atoms with van der Waals surface area (Å²) in [5.41, 5.74) is 0. The van der Waals surface area contributed by atoms with Crippen molar-refractivity contribution in [2.24, 2.45) is 23.7 Å². The van der Waals surface area contributed by atoms with Crippen LogP contribution in [0, 0.1) is 23.7 Å². The molecule has 0 aromatic heterocycles. The van der Waals surface area contributed by atoms with Crippen molar-refractivity contribution in [3.05, 3.63) is 0 Å². The zero-order valence-electron chi connectivity index (χ0n) is 46.9. The predicted molar refractivity (Wildman–Crippen MR) is 299 cm³/mol. The quantitative estimate of drug-likeness (QED) is 0.0553. The largest absolute Gasteiger partial charge is 0.381 e. The van der Waals surface area contributed by atoms with Crippen LogP contribution >= 0.6 is 0 Å². The van der Waals surface area contributed by atoms with Gasteiger partial charge in [-0.3, -0.25) is 0 Å². The molecule has 0 radical (unpaired) electrons. The highest BCUT2D eigenvalue weighted by atomic mass is 16.5. The monoisotopic (exact) mass is 915 g/mol. The predicted octanol–water partition coefficient (Wildman–Crippen LogP) is 23.9. The van der Waals surface area contributed by atoms with Gasteiger partial charge in [0.15, 0.2) is 0 Å². The highest BCUT2D eigenvalue weighted by Gasteiger charge is 2.18. The molecule has 0 bridgehead atoms. The molecule has 392 valence electrons. The molecule has 0 aliphatic carbocycles. The standard InChI is InChI=1S/C64H130O/c1-7-11-15-19-23-27-29-31-37-45-53-61(5)63(55-47-39-33-25-21-17-13-9-3)57-49-41-35-43-51-59-65-60-52-44-36-42-50-58-64(56-48-40-34-26-22-18-14-10-4)62(6)54-46-38-32-30-28-24-20-16-12-8-2/h61-64H,7-60H2,1-6H3. The molecule has 0 aliphatic rings. The van der Waals surface area contributed by atoms with Crippen LogP contribution < -0.4 is 0 Å².